The maximum absolute atomic E-state index is 12.5. The normalized spacial score (nSPS) is 10.6. The second-order valence-corrected chi connectivity index (χ2v) is 3.04. The fraction of sp³-hybridized carbons (Fsp3) is 0.250. The van der Waals surface area contributed by atoms with Crippen molar-refractivity contribution in [2.45, 2.75) is 13.3 Å². The summed E-state index contributed by atoms with van der Waals surface area (Å²) in [6, 6.07) is 0. The molecule has 0 saturated carbocycles. The Kier molecular flexibility index (Phi) is 3.00. The van der Waals surface area contributed by atoms with Crippen LogP contribution in [-0.2, 0) is 0 Å². The lowest BCUT2D eigenvalue weighted by Gasteiger charge is -2.09. The van der Waals surface area contributed by atoms with Gasteiger partial charge in [-0.3, -0.25) is 4.79 Å². The van der Waals surface area contributed by atoms with Crippen molar-refractivity contribution in [1.29, 1.82) is 0 Å². The number of alkyl halides is 2. The molecule has 0 aliphatic rings. The number of amides is 1. The van der Waals surface area contributed by atoms with E-state index in [9.17, 15) is 13.6 Å². The van der Waals surface area contributed by atoms with Gasteiger partial charge in [0.05, 0.1) is 5.56 Å². The van der Waals surface area contributed by atoms with Crippen LogP contribution in [0.4, 0.5) is 8.78 Å². The lowest BCUT2D eigenvalue weighted by Crippen LogP contribution is -2.16. The molecule has 0 aliphatic heterocycles. The van der Waals surface area contributed by atoms with Gasteiger partial charge in [0, 0.05) is 11.8 Å². The topological polar surface area (TPSA) is 56.0 Å². The first-order chi connectivity index (χ1) is 6.45. The second-order valence-electron chi connectivity index (χ2n) is 2.69. The number of halogens is 3. The Bertz CT molecular complexity index is 382. The fourth-order valence-corrected chi connectivity index (χ4v) is 1.36. The van der Waals surface area contributed by atoms with Crippen LogP contribution in [0.25, 0.3) is 0 Å². The molecule has 0 spiro atoms. The number of nitrogens with two attached hydrogens (primary N) is 1. The zero-order valence-corrected chi connectivity index (χ0v) is 7.98. The van der Waals surface area contributed by atoms with Gasteiger partial charge in [-0.2, -0.15) is 0 Å². The summed E-state index contributed by atoms with van der Waals surface area (Å²) in [6.07, 6.45) is -1.62. The van der Waals surface area contributed by atoms with Crippen LogP contribution in [0, 0.1) is 6.92 Å². The minimum absolute atomic E-state index is 0.193. The van der Waals surface area contributed by atoms with Crippen molar-refractivity contribution in [3.05, 3.63) is 28.0 Å². The molecule has 0 aliphatic carbocycles. The first kappa shape index (κ1) is 10.8. The average molecular weight is 221 g/mol. The molecule has 76 valence electrons. The summed E-state index contributed by atoms with van der Waals surface area (Å²) in [7, 11) is 0. The lowest BCUT2D eigenvalue weighted by molar-refractivity contribution is 0.0985. The van der Waals surface area contributed by atoms with Crippen LogP contribution < -0.4 is 5.73 Å². The molecule has 1 aromatic heterocycles. The van der Waals surface area contributed by atoms with Gasteiger partial charge in [0.2, 0.25) is 0 Å². The van der Waals surface area contributed by atoms with Gasteiger partial charge in [-0.05, 0) is 12.5 Å². The molecule has 0 saturated heterocycles. The van der Waals surface area contributed by atoms with Gasteiger partial charge in [0.15, 0.2) is 0 Å². The van der Waals surface area contributed by atoms with Gasteiger partial charge in [0.1, 0.15) is 5.15 Å². The Hall–Kier alpha value is -1.23. The van der Waals surface area contributed by atoms with E-state index in [1.807, 2.05) is 0 Å². The first-order valence-electron chi connectivity index (χ1n) is 3.68. The van der Waals surface area contributed by atoms with Crippen LogP contribution in [-0.4, -0.2) is 10.9 Å². The van der Waals surface area contributed by atoms with Crippen LogP contribution in [0.15, 0.2) is 6.20 Å². The molecule has 1 aromatic rings. The number of primary amides is 1. The predicted octanol–water partition coefficient (Wildman–Crippen LogP) is 2.08. The molecule has 1 heterocycles. The Morgan fingerprint density at radius 3 is 2.57 bits per heavy atom. The molecule has 0 atom stereocenters. The summed E-state index contributed by atoms with van der Waals surface area (Å²) < 4.78 is 25.1. The molecule has 14 heavy (non-hydrogen) atoms. The third-order valence-electron chi connectivity index (χ3n) is 1.74. The summed E-state index contributed by atoms with van der Waals surface area (Å²) in [5.41, 5.74) is 4.27. The second kappa shape index (κ2) is 3.88. The number of aryl methyl sites for hydroxylation is 1. The minimum atomic E-state index is -2.79. The van der Waals surface area contributed by atoms with E-state index >= 15 is 0 Å². The standard InChI is InChI=1S/C8H7ClF2N2O/c1-3-2-13-6(9)5(8(12)14)4(3)7(10)11/h2,7H,1H3,(H2,12,14). The molecule has 1 amide bonds. The molecule has 0 radical (unpaired) electrons. The molecule has 0 aromatic carbocycles. The lowest BCUT2D eigenvalue weighted by atomic mass is 10.1. The van der Waals surface area contributed by atoms with Crippen LogP contribution >= 0.6 is 11.6 Å². The van der Waals surface area contributed by atoms with E-state index in [1.165, 1.54) is 13.1 Å². The van der Waals surface area contributed by atoms with Gasteiger partial charge >= 0.3 is 0 Å². The van der Waals surface area contributed by atoms with Crippen LogP contribution in [0.2, 0.25) is 5.15 Å². The number of carbonyl (C=O) groups excluding carboxylic acids is 1. The van der Waals surface area contributed by atoms with Gasteiger partial charge in [-0.1, -0.05) is 11.6 Å². The molecular weight excluding hydrogens is 214 g/mol. The number of hydrogen-bond donors (Lipinski definition) is 1. The largest absolute Gasteiger partial charge is 0.365 e. The Morgan fingerprint density at radius 2 is 2.21 bits per heavy atom. The number of carbonyl (C=O) groups is 1. The number of pyridine rings is 1. The quantitative estimate of drug-likeness (QED) is 0.776. The van der Waals surface area contributed by atoms with Crippen molar-refractivity contribution < 1.29 is 13.6 Å². The minimum Gasteiger partial charge on any atom is -0.365 e. The Morgan fingerprint density at radius 1 is 1.64 bits per heavy atom. The number of rotatable bonds is 2. The van der Waals surface area contributed by atoms with E-state index in [2.05, 4.69) is 4.98 Å². The Labute approximate surface area is 83.9 Å². The van der Waals surface area contributed by atoms with E-state index in [0.717, 1.165) is 0 Å². The molecule has 1 rings (SSSR count). The highest BCUT2D eigenvalue weighted by Crippen LogP contribution is 2.29. The van der Waals surface area contributed by atoms with Crippen LogP contribution in [0.3, 0.4) is 0 Å². The molecule has 0 fully saturated rings. The Balaban J connectivity index is 3.50. The van der Waals surface area contributed by atoms with Gasteiger partial charge < -0.3 is 5.73 Å². The zero-order chi connectivity index (χ0) is 10.9. The summed E-state index contributed by atoms with van der Waals surface area (Å²) in [4.78, 5) is 14.4. The summed E-state index contributed by atoms with van der Waals surface area (Å²) in [6.45, 7) is 1.41. The number of aromatic nitrogens is 1. The highest BCUT2D eigenvalue weighted by molar-refractivity contribution is 6.32. The third-order valence-corrected chi connectivity index (χ3v) is 2.02. The molecular formula is C8H7ClF2N2O. The maximum atomic E-state index is 12.5. The van der Waals surface area contributed by atoms with E-state index in [4.69, 9.17) is 17.3 Å². The van der Waals surface area contributed by atoms with E-state index in [0.29, 0.717) is 0 Å². The van der Waals surface area contributed by atoms with E-state index in [-0.39, 0.29) is 10.7 Å². The monoisotopic (exact) mass is 220 g/mol. The number of hydrogen-bond acceptors (Lipinski definition) is 2. The molecule has 2 N–H and O–H groups in total. The van der Waals surface area contributed by atoms with Crippen molar-refractivity contribution in [3.63, 3.8) is 0 Å². The average Bonchev–Trinajstić information content (AvgIpc) is 2.07. The van der Waals surface area contributed by atoms with Gasteiger partial charge in [-0.15, -0.1) is 0 Å². The summed E-state index contributed by atoms with van der Waals surface area (Å²) >= 11 is 5.50. The van der Waals surface area contributed by atoms with Crippen LogP contribution in [0.5, 0.6) is 0 Å². The fourth-order valence-electron chi connectivity index (χ4n) is 1.11. The molecule has 0 bridgehead atoms. The SMILES string of the molecule is Cc1cnc(Cl)c(C(N)=O)c1C(F)F. The van der Waals surface area contributed by atoms with Crippen molar-refractivity contribution in [1.82, 2.24) is 4.98 Å². The van der Waals surface area contributed by atoms with E-state index in [1.54, 1.807) is 0 Å². The van der Waals surface area contributed by atoms with Gasteiger partial charge in [-0.25, -0.2) is 13.8 Å². The van der Waals surface area contributed by atoms with Crippen molar-refractivity contribution in [2.75, 3.05) is 0 Å². The van der Waals surface area contributed by atoms with Crippen molar-refractivity contribution >= 4 is 17.5 Å². The summed E-state index contributed by atoms with van der Waals surface area (Å²) in [5, 5.41) is -0.293. The predicted molar refractivity (Wildman–Crippen MR) is 47.5 cm³/mol. The zero-order valence-electron chi connectivity index (χ0n) is 7.22. The van der Waals surface area contributed by atoms with Gasteiger partial charge in [0.25, 0.3) is 12.3 Å². The maximum Gasteiger partial charge on any atom is 0.265 e. The first-order valence-corrected chi connectivity index (χ1v) is 4.06. The highest BCUT2D eigenvalue weighted by Gasteiger charge is 2.22. The van der Waals surface area contributed by atoms with Crippen LogP contribution in [0.1, 0.15) is 27.9 Å². The van der Waals surface area contributed by atoms with Crippen molar-refractivity contribution in [2.24, 2.45) is 5.73 Å². The molecule has 6 heteroatoms. The smallest absolute Gasteiger partial charge is 0.265 e. The molecule has 0 unspecified atom stereocenters. The third kappa shape index (κ3) is 1.82. The number of nitrogens with zero attached hydrogens (tertiary/aromatic N) is 1. The highest BCUT2D eigenvalue weighted by atomic mass is 35.5. The van der Waals surface area contributed by atoms with E-state index < -0.39 is 23.5 Å². The summed E-state index contributed by atoms with van der Waals surface area (Å²) in [5.74, 6) is -0.999. The van der Waals surface area contributed by atoms with Crippen molar-refractivity contribution in [3.8, 4) is 0 Å². The molecule has 3 nitrogen and oxygen atoms in total.